The molecule has 3 nitrogen and oxygen atoms in total. The zero-order valence-electron chi connectivity index (χ0n) is 7.99. The zero-order valence-corrected chi connectivity index (χ0v) is 7.99. The first-order valence-corrected chi connectivity index (χ1v) is 4.80. The maximum Gasteiger partial charge on any atom is 0.0936 e. The van der Waals surface area contributed by atoms with Crippen LogP contribution in [0.5, 0.6) is 0 Å². The van der Waals surface area contributed by atoms with Crippen LogP contribution in [0.3, 0.4) is 0 Å². The molecule has 70 valence electrons. The van der Waals surface area contributed by atoms with Gasteiger partial charge in [0.05, 0.1) is 12.7 Å². The number of ether oxygens (including phenoxy) is 1. The van der Waals surface area contributed by atoms with Crippen molar-refractivity contribution in [1.29, 1.82) is 0 Å². The Morgan fingerprint density at radius 3 is 2.75 bits per heavy atom. The normalized spacial score (nSPS) is 38.5. The van der Waals surface area contributed by atoms with E-state index in [4.69, 9.17) is 4.74 Å². The lowest BCUT2D eigenvalue weighted by Gasteiger charge is -2.37. The van der Waals surface area contributed by atoms with Crippen molar-refractivity contribution in [2.24, 2.45) is 0 Å². The maximum atomic E-state index is 5.23. The Morgan fingerprint density at radius 1 is 1.42 bits per heavy atom. The van der Waals surface area contributed by atoms with Gasteiger partial charge in [-0.25, -0.2) is 0 Å². The van der Waals surface area contributed by atoms with Gasteiger partial charge in [-0.1, -0.05) is 0 Å². The highest BCUT2D eigenvalue weighted by Gasteiger charge is 2.29. The molecule has 2 saturated heterocycles. The molecule has 0 aromatic heterocycles. The fraction of sp³-hybridized carbons (Fsp3) is 1.00. The molecule has 0 bridgehead atoms. The van der Waals surface area contributed by atoms with Crippen LogP contribution in [-0.2, 0) is 4.74 Å². The van der Waals surface area contributed by atoms with E-state index in [1.807, 2.05) is 0 Å². The Bertz CT molecular complexity index is 159. The molecule has 2 rings (SSSR count). The largest absolute Gasteiger partial charge is 0.372 e. The van der Waals surface area contributed by atoms with E-state index in [-0.39, 0.29) is 0 Å². The van der Waals surface area contributed by atoms with Crippen LogP contribution >= 0.6 is 0 Å². The number of likely N-dealkylation sites (N-methyl/N-ethyl adjacent to an activating group) is 1. The van der Waals surface area contributed by atoms with E-state index >= 15 is 0 Å². The van der Waals surface area contributed by atoms with Crippen molar-refractivity contribution in [2.75, 3.05) is 39.8 Å². The molecular weight excluding hydrogens is 152 g/mol. The molecule has 0 spiro atoms. The number of piperazine rings is 1. The Kier molecular flexibility index (Phi) is 2.35. The highest BCUT2D eigenvalue weighted by Crippen LogP contribution is 2.15. The number of nitrogens with zero attached hydrogens (tertiary/aromatic N) is 2. The number of epoxide rings is 1. The second kappa shape index (κ2) is 3.32. The van der Waals surface area contributed by atoms with Crippen molar-refractivity contribution in [1.82, 2.24) is 9.80 Å². The summed E-state index contributed by atoms with van der Waals surface area (Å²) >= 11 is 0. The fourth-order valence-corrected chi connectivity index (χ4v) is 1.88. The van der Waals surface area contributed by atoms with E-state index < -0.39 is 0 Å². The van der Waals surface area contributed by atoms with Gasteiger partial charge in [0.2, 0.25) is 0 Å². The van der Waals surface area contributed by atoms with Gasteiger partial charge < -0.3 is 9.64 Å². The molecule has 0 N–H and O–H groups in total. The van der Waals surface area contributed by atoms with Gasteiger partial charge in [0.25, 0.3) is 0 Å². The summed E-state index contributed by atoms with van der Waals surface area (Å²) in [6.07, 6.45) is 0.552. The van der Waals surface area contributed by atoms with Gasteiger partial charge >= 0.3 is 0 Å². The Hall–Kier alpha value is -0.120. The first kappa shape index (κ1) is 8.48. The van der Waals surface area contributed by atoms with Crippen molar-refractivity contribution in [3.63, 3.8) is 0 Å². The molecule has 0 aromatic carbocycles. The van der Waals surface area contributed by atoms with Crippen LogP contribution in [0.1, 0.15) is 6.92 Å². The van der Waals surface area contributed by atoms with Crippen LogP contribution < -0.4 is 0 Å². The van der Waals surface area contributed by atoms with Crippen molar-refractivity contribution in [3.8, 4) is 0 Å². The molecule has 12 heavy (non-hydrogen) atoms. The summed E-state index contributed by atoms with van der Waals surface area (Å²) in [5.74, 6) is 0. The summed E-state index contributed by atoms with van der Waals surface area (Å²) in [6.45, 7) is 8.05. The standard InChI is InChI=1S/C9H18N2O/c1-8-5-10(2)3-4-11(8)6-9-7-12-9/h8-9H,3-7H2,1-2H3/t8?,9-/m1/s1. The topological polar surface area (TPSA) is 19.0 Å². The van der Waals surface area contributed by atoms with Crippen LogP contribution in [0, 0.1) is 0 Å². The summed E-state index contributed by atoms with van der Waals surface area (Å²) in [6, 6.07) is 0.702. The average Bonchev–Trinajstić information content (AvgIpc) is 2.79. The lowest BCUT2D eigenvalue weighted by Crippen LogP contribution is -2.51. The molecular formula is C9H18N2O. The average molecular weight is 170 g/mol. The highest BCUT2D eigenvalue weighted by atomic mass is 16.6. The lowest BCUT2D eigenvalue weighted by molar-refractivity contribution is 0.0930. The molecule has 0 aliphatic carbocycles. The summed E-state index contributed by atoms with van der Waals surface area (Å²) in [5, 5.41) is 0. The van der Waals surface area contributed by atoms with Crippen LogP contribution in [-0.4, -0.2) is 61.8 Å². The SMILES string of the molecule is CC1CN(C)CCN1C[C@@H]1CO1. The maximum absolute atomic E-state index is 5.23. The molecule has 2 atom stereocenters. The van der Waals surface area contributed by atoms with Gasteiger partial charge in [-0.2, -0.15) is 0 Å². The Morgan fingerprint density at radius 2 is 2.17 bits per heavy atom. The second-order valence-corrected chi connectivity index (χ2v) is 4.06. The number of hydrogen-bond acceptors (Lipinski definition) is 3. The van der Waals surface area contributed by atoms with Gasteiger partial charge in [-0.05, 0) is 14.0 Å². The first-order valence-electron chi connectivity index (χ1n) is 4.80. The predicted octanol–water partition coefficient (Wildman–Crippen LogP) is 0.0211. The van der Waals surface area contributed by atoms with Gasteiger partial charge in [0.1, 0.15) is 0 Å². The Labute approximate surface area is 74.3 Å². The van der Waals surface area contributed by atoms with Crippen LogP contribution in [0.4, 0.5) is 0 Å². The third kappa shape index (κ3) is 1.97. The zero-order chi connectivity index (χ0) is 8.55. The monoisotopic (exact) mass is 170 g/mol. The van der Waals surface area contributed by atoms with E-state index in [2.05, 4.69) is 23.8 Å². The lowest BCUT2D eigenvalue weighted by atomic mass is 10.2. The highest BCUT2D eigenvalue weighted by molar-refractivity contribution is 4.82. The minimum Gasteiger partial charge on any atom is -0.372 e. The molecule has 0 amide bonds. The van der Waals surface area contributed by atoms with Crippen molar-refractivity contribution in [3.05, 3.63) is 0 Å². The second-order valence-electron chi connectivity index (χ2n) is 4.06. The summed E-state index contributed by atoms with van der Waals surface area (Å²) in [4.78, 5) is 4.94. The molecule has 2 fully saturated rings. The van der Waals surface area contributed by atoms with E-state index in [1.54, 1.807) is 0 Å². The van der Waals surface area contributed by atoms with E-state index in [0.29, 0.717) is 12.1 Å². The van der Waals surface area contributed by atoms with Crippen LogP contribution in [0.2, 0.25) is 0 Å². The molecule has 0 saturated carbocycles. The van der Waals surface area contributed by atoms with Gasteiger partial charge in [-0.3, -0.25) is 4.90 Å². The van der Waals surface area contributed by atoms with Gasteiger partial charge in [-0.15, -0.1) is 0 Å². The van der Waals surface area contributed by atoms with E-state index in [9.17, 15) is 0 Å². The number of hydrogen-bond donors (Lipinski definition) is 0. The molecule has 1 unspecified atom stereocenters. The minimum absolute atomic E-state index is 0.552. The van der Waals surface area contributed by atoms with Crippen LogP contribution in [0.15, 0.2) is 0 Å². The van der Waals surface area contributed by atoms with Crippen molar-refractivity contribution < 1.29 is 4.74 Å². The summed E-state index contributed by atoms with van der Waals surface area (Å²) in [7, 11) is 2.20. The van der Waals surface area contributed by atoms with Crippen molar-refractivity contribution in [2.45, 2.75) is 19.1 Å². The summed E-state index contributed by atoms with van der Waals surface area (Å²) < 4.78 is 5.23. The van der Waals surface area contributed by atoms with E-state index in [0.717, 1.165) is 13.2 Å². The number of rotatable bonds is 2. The quantitative estimate of drug-likeness (QED) is 0.545. The third-order valence-corrected chi connectivity index (χ3v) is 2.81. The Balaban J connectivity index is 1.80. The van der Waals surface area contributed by atoms with Gasteiger partial charge in [0, 0.05) is 32.2 Å². The molecule has 0 aromatic rings. The summed E-state index contributed by atoms with van der Waals surface area (Å²) in [5.41, 5.74) is 0. The smallest absolute Gasteiger partial charge is 0.0936 e. The third-order valence-electron chi connectivity index (χ3n) is 2.81. The predicted molar refractivity (Wildman–Crippen MR) is 48.3 cm³/mol. The van der Waals surface area contributed by atoms with Crippen molar-refractivity contribution >= 4 is 0 Å². The van der Waals surface area contributed by atoms with Gasteiger partial charge in [0.15, 0.2) is 0 Å². The van der Waals surface area contributed by atoms with Crippen LogP contribution in [0.25, 0.3) is 0 Å². The fourth-order valence-electron chi connectivity index (χ4n) is 1.88. The first-order chi connectivity index (χ1) is 5.75. The molecule has 2 heterocycles. The molecule has 2 aliphatic heterocycles. The minimum atomic E-state index is 0.552. The van der Waals surface area contributed by atoms with E-state index in [1.165, 1.54) is 19.6 Å². The molecule has 0 radical (unpaired) electrons. The molecule has 2 aliphatic rings. The molecule has 3 heteroatoms.